The van der Waals surface area contributed by atoms with Crippen molar-refractivity contribution in [2.24, 2.45) is 0 Å². The topological polar surface area (TPSA) is 67.5 Å². The summed E-state index contributed by atoms with van der Waals surface area (Å²) in [5, 5.41) is 0.455. The molecule has 0 fully saturated rings. The number of fused-ring (bicyclic) bond motifs is 2. The summed E-state index contributed by atoms with van der Waals surface area (Å²) in [7, 11) is 3.07. The van der Waals surface area contributed by atoms with Crippen molar-refractivity contribution < 1.29 is 13.9 Å². The van der Waals surface area contributed by atoms with Gasteiger partial charge in [-0.25, -0.2) is 9.37 Å². The largest absolute Gasteiger partial charge is 0.493 e. The summed E-state index contributed by atoms with van der Waals surface area (Å²) in [5.41, 5.74) is 2.50. The first-order chi connectivity index (χ1) is 13.1. The van der Waals surface area contributed by atoms with E-state index < -0.39 is 0 Å². The highest BCUT2D eigenvalue weighted by Crippen LogP contribution is 2.30. The Balaban J connectivity index is 1.63. The lowest BCUT2D eigenvalue weighted by Crippen LogP contribution is -2.31. The van der Waals surface area contributed by atoms with Gasteiger partial charge in [-0.05, 0) is 35.7 Å². The van der Waals surface area contributed by atoms with E-state index in [1.165, 1.54) is 13.2 Å². The van der Waals surface area contributed by atoms with Gasteiger partial charge in [-0.1, -0.05) is 6.07 Å². The quantitative estimate of drug-likeness (QED) is 0.766. The molecular weight excluding hydrogens is 349 g/mol. The fourth-order valence-corrected chi connectivity index (χ4v) is 3.52. The fourth-order valence-electron chi connectivity index (χ4n) is 3.52. The summed E-state index contributed by atoms with van der Waals surface area (Å²) in [4.78, 5) is 22.1. The van der Waals surface area contributed by atoms with E-state index in [0.29, 0.717) is 41.3 Å². The molecule has 3 aromatic rings. The zero-order chi connectivity index (χ0) is 19.0. The first-order valence-corrected chi connectivity index (χ1v) is 8.72. The Labute approximate surface area is 155 Å². The van der Waals surface area contributed by atoms with Crippen molar-refractivity contribution >= 4 is 10.9 Å². The molecule has 0 amide bonds. The van der Waals surface area contributed by atoms with Crippen molar-refractivity contribution in [3.63, 3.8) is 0 Å². The summed E-state index contributed by atoms with van der Waals surface area (Å²) < 4.78 is 23.9. The Bertz CT molecular complexity index is 1060. The molecule has 2 heterocycles. The lowest BCUT2D eigenvalue weighted by Gasteiger charge is -2.28. The normalized spacial score (nSPS) is 14.2. The zero-order valence-corrected chi connectivity index (χ0v) is 15.2. The van der Waals surface area contributed by atoms with Gasteiger partial charge in [0.1, 0.15) is 11.6 Å². The summed E-state index contributed by atoms with van der Waals surface area (Å²) in [6.07, 6.45) is 0.774. The molecule has 0 radical (unpaired) electrons. The zero-order valence-electron chi connectivity index (χ0n) is 15.2. The number of nitrogens with zero attached hydrogens (tertiary/aromatic N) is 2. The molecule has 0 spiro atoms. The van der Waals surface area contributed by atoms with E-state index in [1.807, 2.05) is 6.07 Å². The summed E-state index contributed by atoms with van der Waals surface area (Å²) >= 11 is 0. The standard InChI is InChI=1S/C20H20FN3O3/c1-26-17-8-15-16(9-18(17)27-2)22-19(23-20(15)25)11-24-6-5-12-7-14(21)4-3-13(12)10-24/h3-4,7-9H,5-6,10-11H2,1-2H3,(H,22,23,25). The average Bonchev–Trinajstić information content (AvgIpc) is 2.67. The fraction of sp³-hybridized carbons (Fsp3) is 0.300. The minimum absolute atomic E-state index is 0.202. The van der Waals surface area contributed by atoms with Gasteiger partial charge in [0.05, 0.1) is 31.7 Å². The van der Waals surface area contributed by atoms with Crippen LogP contribution in [0.2, 0.25) is 0 Å². The van der Waals surface area contributed by atoms with Crippen LogP contribution < -0.4 is 15.0 Å². The maximum Gasteiger partial charge on any atom is 0.258 e. The third-order valence-corrected chi connectivity index (χ3v) is 4.89. The van der Waals surface area contributed by atoms with Crippen LogP contribution in [-0.4, -0.2) is 35.6 Å². The molecule has 0 bridgehead atoms. The molecule has 27 heavy (non-hydrogen) atoms. The maximum absolute atomic E-state index is 13.4. The summed E-state index contributed by atoms with van der Waals surface area (Å²) in [6, 6.07) is 8.25. The van der Waals surface area contributed by atoms with E-state index in [2.05, 4.69) is 14.9 Å². The first-order valence-electron chi connectivity index (χ1n) is 8.72. The summed E-state index contributed by atoms with van der Waals surface area (Å²) in [6.45, 7) is 1.99. The molecular formula is C20H20FN3O3. The van der Waals surface area contributed by atoms with Crippen molar-refractivity contribution in [2.45, 2.75) is 19.5 Å². The van der Waals surface area contributed by atoms with Crippen LogP contribution >= 0.6 is 0 Å². The van der Waals surface area contributed by atoms with Crippen molar-refractivity contribution in [3.8, 4) is 11.5 Å². The smallest absolute Gasteiger partial charge is 0.258 e. The van der Waals surface area contributed by atoms with Crippen LogP contribution in [0.15, 0.2) is 35.1 Å². The predicted molar refractivity (Wildman–Crippen MR) is 99.7 cm³/mol. The number of rotatable bonds is 4. The van der Waals surface area contributed by atoms with Crippen molar-refractivity contribution in [2.75, 3.05) is 20.8 Å². The second-order valence-corrected chi connectivity index (χ2v) is 6.61. The van der Waals surface area contributed by atoms with Crippen molar-refractivity contribution in [1.82, 2.24) is 14.9 Å². The lowest BCUT2D eigenvalue weighted by atomic mass is 10.00. The Morgan fingerprint density at radius 2 is 1.93 bits per heavy atom. The SMILES string of the molecule is COc1cc2nc(CN3CCc4cc(F)ccc4C3)[nH]c(=O)c2cc1OC. The number of nitrogens with one attached hydrogen (secondary N) is 1. The highest BCUT2D eigenvalue weighted by molar-refractivity contribution is 5.81. The highest BCUT2D eigenvalue weighted by Gasteiger charge is 2.18. The van der Waals surface area contributed by atoms with Gasteiger partial charge >= 0.3 is 0 Å². The number of H-pyrrole nitrogens is 1. The van der Waals surface area contributed by atoms with E-state index in [4.69, 9.17) is 9.47 Å². The minimum atomic E-state index is -0.213. The van der Waals surface area contributed by atoms with Gasteiger partial charge in [0.15, 0.2) is 11.5 Å². The van der Waals surface area contributed by atoms with E-state index in [0.717, 1.165) is 24.1 Å². The molecule has 4 rings (SSSR count). The molecule has 7 heteroatoms. The summed E-state index contributed by atoms with van der Waals surface area (Å²) in [5.74, 6) is 1.41. The number of hydrogen-bond acceptors (Lipinski definition) is 5. The van der Waals surface area contributed by atoms with Crippen LogP contribution in [-0.2, 0) is 19.5 Å². The minimum Gasteiger partial charge on any atom is -0.493 e. The van der Waals surface area contributed by atoms with E-state index in [9.17, 15) is 9.18 Å². The third-order valence-electron chi connectivity index (χ3n) is 4.89. The number of halogens is 1. The Morgan fingerprint density at radius 3 is 2.70 bits per heavy atom. The van der Waals surface area contributed by atoms with Crippen LogP contribution in [0.3, 0.4) is 0 Å². The number of hydrogen-bond donors (Lipinski definition) is 1. The Kier molecular flexibility index (Phi) is 4.53. The van der Waals surface area contributed by atoms with Gasteiger partial charge in [-0.2, -0.15) is 0 Å². The van der Waals surface area contributed by atoms with Gasteiger partial charge in [0, 0.05) is 19.2 Å². The number of aromatic amines is 1. The molecule has 1 aromatic heterocycles. The van der Waals surface area contributed by atoms with Gasteiger partial charge in [-0.3, -0.25) is 9.69 Å². The highest BCUT2D eigenvalue weighted by atomic mass is 19.1. The number of methoxy groups -OCH3 is 2. The molecule has 2 aromatic carbocycles. The molecule has 1 aliphatic rings. The second kappa shape index (κ2) is 7.00. The van der Waals surface area contributed by atoms with Crippen molar-refractivity contribution in [3.05, 3.63) is 63.5 Å². The number of benzene rings is 2. The lowest BCUT2D eigenvalue weighted by molar-refractivity contribution is 0.239. The van der Waals surface area contributed by atoms with Crippen LogP contribution in [0.5, 0.6) is 11.5 Å². The first kappa shape index (κ1) is 17.5. The monoisotopic (exact) mass is 369 g/mol. The van der Waals surface area contributed by atoms with Crippen LogP contribution in [0, 0.1) is 5.82 Å². The van der Waals surface area contributed by atoms with E-state index >= 15 is 0 Å². The molecule has 140 valence electrons. The molecule has 0 atom stereocenters. The molecule has 0 unspecified atom stereocenters. The molecule has 1 aliphatic heterocycles. The average molecular weight is 369 g/mol. The van der Waals surface area contributed by atoms with Gasteiger partial charge < -0.3 is 14.5 Å². The van der Waals surface area contributed by atoms with Crippen LogP contribution in [0.1, 0.15) is 17.0 Å². The second-order valence-electron chi connectivity index (χ2n) is 6.61. The Hall–Kier alpha value is -2.93. The maximum atomic E-state index is 13.4. The van der Waals surface area contributed by atoms with Gasteiger partial charge in [0.25, 0.3) is 5.56 Å². The number of aromatic nitrogens is 2. The van der Waals surface area contributed by atoms with Crippen LogP contribution in [0.4, 0.5) is 4.39 Å². The molecule has 0 saturated heterocycles. The van der Waals surface area contributed by atoms with Gasteiger partial charge in [0.2, 0.25) is 0 Å². The Morgan fingerprint density at radius 1 is 1.15 bits per heavy atom. The van der Waals surface area contributed by atoms with E-state index in [-0.39, 0.29) is 11.4 Å². The predicted octanol–water partition coefficient (Wildman–Crippen LogP) is 2.64. The number of ether oxygens (including phenoxy) is 2. The van der Waals surface area contributed by atoms with E-state index in [1.54, 1.807) is 25.3 Å². The third kappa shape index (κ3) is 3.38. The van der Waals surface area contributed by atoms with Gasteiger partial charge in [-0.15, -0.1) is 0 Å². The molecule has 6 nitrogen and oxygen atoms in total. The molecule has 0 saturated carbocycles. The molecule has 0 aliphatic carbocycles. The van der Waals surface area contributed by atoms with Crippen LogP contribution in [0.25, 0.3) is 10.9 Å². The van der Waals surface area contributed by atoms with Crippen molar-refractivity contribution in [1.29, 1.82) is 0 Å². The molecule has 1 N–H and O–H groups in total.